The number of sulfonamides is 1. The Hall–Kier alpha value is -2.59. The molecule has 1 aliphatic rings. The summed E-state index contributed by atoms with van der Waals surface area (Å²) in [5, 5.41) is 3.94. The van der Waals surface area contributed by atoms with Crippen molar-refractivity contribution in [3.63, 3.8) is 0 Å². The maximum Gasteiger partial charge on any atom is 0.257 e. The van der Waals surface area contributed by atoms with Crippen LogP contribution < -0.4 is 9.47 Å². The summed E-state index contributed by atoms with van der Waals surface area (Å²) in [6.45, 7) is 1.31. The molecule has 0 radical (unpaired) electrons. The summed E-state index contributed by atoms with van der Waals surface area (Å²) in [6, 6.07) is 5.13. The van der Waals surface area contributed by atoms with Crippen LogP contribution in [0.3, 0.4) is 0 Å². The first-order valence-electron chi connectivity index (χ1n) is 8.87. The number of carbonyl (C=O) groups excluding carboxylic acids is 1. The monoisotopic (exact) mass is 408 g/mol. The lowest BCUT2D eigenvalue weighted by atomic mass is 10.1. The van der Waals surface area contributed by atoms with Gasteiger partial charge in [-0.15, -0.1) is 0 Å². The van der Waals surface area contributed by atoms with Gasteiger partial charge in [-0.3, -0.25) is 9.48 Å². The number of carbonyl (C=O) groups is 1. The van der Waals surface area contributed by atoms with E-state index in [0.29, 0.717) is 43.1 Å². The summed E-state index contributed by atoms with van der Waals surface area (Å²) in [5.41, 5.74) is 0.394. The Bertz CT molecular complexity index is 957. The molecule has 9 nitrogen and oxygen atoms in total. The molecule has 0 atom stereocenters. The zero-order valence-corrected chi connectivity index (χ0v) is 17.0. The van der Waals surface area contributed by atoms with Gasteiger partial charge in [0.15, 0.2) is 11.5 Å². The van der Waals surface area contributed by atoms with Gasteiger partial charge >= 0.3 is 0 Å². The second-order valence-electron chi connectivity index (χ2n) is 6.44. The van der Waals surface area contributed by atoms with Gasteiger partial charge in [0.05, 0.1) is 26.0 Å². The lowest BCUT2D eigenvalue weighted by Gasteiger charge is -2.23. The van der Waals surface area contributed by atoms with E-state index in [9.17, 15) is 13.2 Å². The van der Waals surface area contributed by atoms with Gasteiger partial charge in [-0.2, -0.15) is 9.40 Å². The minimum Gasteiger partial charge on any atom is -0.493 e. The van der Waals surface area contributed by atoms with Crippen molar-refractivity contribution in [3.8, 4) is 11.5 Å². The van der Waals surface area contributed by atoms with Gasteiger partial charge in [-0.1, -0.05) is 6.07 Å². The van der Waals surface area contributed by atoms with Crippen molar-refractivity contribution in [2.45, 2.75) is 11.3 Å². The number of aromatic nitrogens is 2. The van der Waals surface area contributed by atoms with E-state index < -0.39 is 10.0 Å². The van der Waals surface area contributed by atoms with Crippen LogP contribution in [0.1, 0.15) is 16.8 Å². The second kappa shape index (κ2) is 8.19. The number of ether oxygens (including phenoxy) is 2. The molecule has 0 aliphatic carbocycles. The van der Waals surface area contributed by atoms with Crippen LogP contribution in [0.5, 0.6) is 11.5 Å². The van der Waals surface area contributed by atoms with Gasteiger partial charge < -0.3 is 14.4 Å². The average molecular weight is 408 g/mol. The van der Waals surface area contributed by atoms with E-state index in [1.807, 2.05) is 0 Å². The minimum absolute atomic E-state index is 0.157. The molecule has 1 aromatic carbocycles. The van der Waals surface area contributed by atoms with Gasteiger partial charge in [0.25, 0.3) is 5.91 Å². The Morgan fingerprint density at radius 1 is 1.11 bits per heavy atom. The van der Waals surface area contributed by atoms with E-state index in [0.717, 1.165) is 0 Å². The largest absolute Gasteiger partial charge is 0.493 e. The van der Waals surface area contributed by atoms with Crippen LogP contribution in [0.2, 0.25) is 0 Å². The summed E-state index contributed by atoms with van der Waals surface area (Å²) < 4.78 is 39.1. The number of methoxy groups -OCH3 is 2. The highest BCUT2D eigenvalue weighted by Gasteiger charge is 2.30. The molecule has 152 valence electrons. The fraction of sp³-hybridized carbons (Fsp3) is 0.444. The molecule has 1 aliphatic heterocycles. The molecular weight excluding hydrogens is 384 g/mol. The summed E-state index contributed by atoms with van der Waals surface area (Å²) >= 11 is 0. The highest BCUT2D eigenvalue weighted by Crippen LogP contribution is 2.31. The Kier molecular flexibility index (Phi) is 5.90. The molecule has 1 amide bonds. The zero-order valence-electron chi connectivity index (χ0n) is 16.2. The zero-order chi connectivity index (χ0) is 20.3. The summed E-state index contributed by atoms with van der Waals surface area (Å²) in [6.07, 6.45) is 3.35. The third-order valence-electron chi connectivity index (χ3n) is 4.69. The number of benzene rings is 1. The maximum absolute atomic E-state index is 13.0. The minimum atomic E-state index is -3.63. The quantitative estimate of drug-likeness (QED) is 0.732. The van der Waals surface area contributed by atoms with Crippen LogP contribution in [-0.2, 0) is 17.1 Å². The Balaban J connectivity index is 1.78. The van der Waals surface area contributed by atoms with E-state index in [-0.39, 0.29) is 17.3 Å². The van der Waals surface area contributed by atoms with Crippen LogP contribution in [0, 0.1) is 0 Å². The highest BCUT2D eigenvalue weighted by molar-refractivity contribution is 7.89. The van der Waals surface area contributed by atoms with Crippen molar-refractivity contribution < 1.29 is 22.7 Å². The van der Waals surface area contributed by atoms with Crippen molar-refractivity contribution in [3.05, 3.63) is 36.2 Å². The molecular formula is C18H24N4O5S. The van der Waals surface area contributed by atoms with Gasteiger partial charge in [0, 0.05) is 39.4 Å². The molecule has 0 saturated carbocycles. The number of nitrogens with zero attached hydrogens (tertiary/aromatic N) is 4. The van der Waals surface area contributed by atoms with Crippen molar-refractivity contribution in [1.29, 1.82) is 0 Å². The number of rotatable bonds is 5. The number of hydrogen-bond acceptors (Lipinski definition) is 6. The molecule has 0 N–H and O–H groups in total. The molecule has 2 aromatic rings. The summed E-state index contributed by atoms with van der Waals surface area (Å²) in [5.74, 6) is 0.638. The molecule has 28 heavy (non-hydrogen) atoms. The molecule has 3 rings (SSSR count). The van der Waals surface area contributed by atoms with Crippen LogP contribution in [-0.4, -0.2) is 73.7 Å². The fourth-order valence-corrected chi connectivity index (χ4v) is 4.70. The molecule has 0 bridgehead atoms. The number of aryl methyl sites for hydroxylation is 1. The van der Waals surface area contributed by atoms with E-state index in [1.54, 1.807) is 30.1 Å². The summed E-state index contributed by atoms with van der Waals surface area (Å²) in [4.78, 5) is 14.8. The number of para-hydroxylation sites is 1. The molecule has 10 heteroatoms. The van der Waals surface area contributed by atoms with E-state index >= 15 is 0 Å². The standard InChI is InChI=1S/C18H24N4O5S/c1-20-13-14(12-19-20)28(24,25)22-9-5-8-21(10-11-22)18(23)15-6-4-7-16(26-2)17(15)27-3/h4,6-7,12-13H,5,8-11H2,1-3H3. The van der Waals surface area contributed by atoms with Crippen molar-refractivity contribution in [2.24, 2.45) is 7.05 Å². The number of hydrogen-bond donors (Lipinski definition) is 0. The number of amides is 1. The van der Waals surface area contributed by atoms with Crippen LogP contribution >= 0.6 is 0 Å². The molecule has 0 spiro atoms. The van der Waals surface area contributed by atoms with E-state index in [1.165, 1.54) is 35.6 Å². The molecule has 1 saturated heterocycles. The summed E-state index contributed by atoms with van der Waals surface area (Å²) in [7, 11) is 1.03. The molecule has 1 aromatic heterocycles. The topological polar surface area (TPSA) is 94.0 Å². The van der Waals surface area contributed by atoms with Gasteiger partial charge in [-0.05, 0) is 18.6 Å². The molecule has 1 fully saturated rings. The predicted molar refractivity (Wildman–Crippen MR) is 102 cm³/mol. The predicted octanol–water partition coefficient (Wildman–Crippen LogP) is 0.974. The first kappa shape index (κ1) is 20.2. The Labute approximate surface area is 164 Å². The first-order valence-corrected chi connectivity index (χ1v) is 10.3. The third kappa shape index (κ3) is 3.83. The first-order chi connectivity index (χ1) is 13.4. The smallest absolute Gasteiger partial charge is 0.257 e. The SMILES string of the molecule is COc1cccc(C(=O)N2CCCN(S(=O)(=O)c3cnn(C)c3)CC2)c1OC. The van der Waals surface area contributed by atoms with Crippen molar-refractivity contribution in [1.82, 2.24) is 19.0 Å². The van der Waals surface area contributed by atoms with E-state index in [2.05, 4.69) is 5.10 Å². The third-order valence-corrected chi connectivity index (χ3v) is 6.55. The van der Waals surface area contributed by atoms with Gasteiger partial charge in [0.1, 0.15) is 4.90 Å². The molecule has 0 unspecified atom stereocenters. The second-order valence-corrected chi connectivity index (χ2v) is 8.38. The lowest BCUT2D eigenvalue weighted by molar-refractivity contribution is 0.0760. The van der Waals surface area contributed by atoms with E-state index in [4.69, 9.17) is 9.47 Å². The van der Waals surface area contributed by atoms with Crippen molar-refractivity contribution >= 4 is 15.9 Å². The lowest BCUT2D eigenvalue weighted by Crippen LogP contribution is -2.37. The maximum atomic E-state index is 13.0. The molecule has 2 heterocycles. The highest BCUT2D eigenvalue weighted by atomic mass is 32.2. The van der Waals surface area contributed by atoms with Crippen LogP contribution in [0.4, 0.5) is 0 Å². The Morgan fingerprint density at radius 2 is 1.89 bits per heavy atom. The van der Waals surface area contributed by atoms with Crippen LogP contribution in [0.25, 0.3) is 0 Å². The van der Waals surface area contributed by atoms with Gasteiger partial charge in [0.2, 0.25) is 10.0 Å². The average Bonchev–Trinajstić information content (AvgIpc) is 2.99. The van der Waals surface area contributed by atoms with Crippen LogP contribution in [0.15, 0.2) is 35.5 Å². The van der Waals surface area contributed by atoms with Crippen molar-refractivity contribution in [2.75, 3.05) is 40.4 Å². The Morgan fingerprint density at radius 3 is 2.54 bits per heavy atom. The normalized spacial score (nSPS) is 15.9. The van der Waals surface area contributed by atoms with Gasteiger partial charge in [-0.25, -0.2) is 8.42 Å². The fourth-order valence-electron chi connectivity index (χ4n) is 3.24.